The first kappa shape index (κ1) is 17.2. The van der Waals surface area contributed by atoms with Crippen LogP contribution in [0.1, 0.15) is 39.0 Å². The van der Waals surface area contributed by atoms with Gasteiger partial charge in [0.2, 0.25) is 11.8 Å². The smallest absolute Gasteiger partial charge is 0.223 e. The van der Waals surface area contributed by atoms with Gasteiger partial charge in [-0.1, -0.05) is 6.92 Å². The highest BCUT2D eigenvalue weighted by Gasteiger charge is 2.21. The van der Waals surface area contributed by atoms with Crippen LogP contribution in [0.3, 0.4) is 0 Å². The SMILES string of the molecule is CCCNC(=O)CCC(=O)N1CCCC(N)C1.Cl. The van der Waals surface area contributed by atoms with E-state index in [4.69, 9.17) is 5.73 Å². The van der Waals surface area contributed by atoms with Crippen molar-refractivity contribution in [3.8, 4) is 0 Å². The first-order chi connectivity index (χ1) is 8.13. The average molecular weight is 278 g/mol. The fraction of sp³-hybridized carbons (Fsp3) is 0.833. The second-order valence-electron chi connectivity index (χ2n) is 4.59. The van der Waals surface area contributed by atoms with Crippen molar-refractivity contribution in [2.45, 2.75) is 45.1 Å². The van der Waals surface area contributed by atoms with Gasteiger partial charge in [-0.05, 0) is 19.3 Å². The molecule has 1 fully saturated rings. The summed E-state index contributed by atoms with van der Waals surface area (Å²) in [6.45, 7) is 4.10. The molecule has 1 atom stereocenters. The summed E-state index contributed by atoms with van der Waals surface area (Å²) in [4.78, 5) is 24.9. The van der Waals surface area contributed by atoms with Crippen LogP contribution in [0.2, 0.25) is 0 Å². The molecular formula is C12H24ClN3O2. The zero-order valence-electron chi connectivity index (χ0n) is 11.0. The number of hydrogen-bond donors (Lipinski definition) is 2. The number of halogens is 1. The number of piperidine rings is 1. The van der Waals surface area contributed by atoms with Gasteiger partial charge in [0.25, 0.3) is 0 Å². The summed E-state index contributed by atoms with van der Waals surface area (Å²) in [5, 5.41) is 2.77. The summed E-state index contributed by atoms with van der Waals surface area (Å²) in [7, 11) is 0. The number of nitrogens with two attached hydrogens (primary N) is 1. The molecule has 0 aromatic carbocycles. The van der Waals surface area contributed by atoms with Crippen molar-refractivity contribution in [3.05, 3.63) is 0 Å². The average Bonchev–Trinajstić information content (AvgIpc) is 2.33. The van der Waals surface area contributed by atoms with Gasteiger partial charge in [-0.15, -0.1) is 12.4 Å². The number of nitrogens with zero attached hydrogens (tertiary/aromatic N) is 1. The van der Waals surface area contributed by atoms with E-state index in [9.17, 15) is 9.59 Å². The molecule has 0 saturated carbocycles. The van der Waals surface area contributed by atoms with Crippen LogP contribution in [0.4, 0.5) is 0 Å². The van der Waals surface area contributed by atoms with E-state index < -0.39 is 0 Å². The van der Waals surface area contributed by atoms with Crippen molar-refractivity contribution in [1.29, 1.82) is 0 Å². The molecule has 3 N–H and O–H groups in total. The topological polar surface area (TPSA) is 75.4 Å². The van der Waals surface area contributed by atoms with Crippen LogP contribution in [0, 0.1) is 0 Å². The summed E-state index contributed by atoms with van der Waals surface area (Å²) in [6.07, 6.45) is 3.45. The zero-order valence-corrected chi connectivity index (χ0v) is 11.8. The predicted molar refractivity (Wildman–Crippen MR) is 73.6 cm³/mol. The number of amides is 2. The van der Waals surface area contributed by atoms with E-state index in [2.05, 4.69) is 5.32 Å². The minimum Gasteiger partial charge on any atom is -0.356 e. The molecule has 1 aliphatic heterocycles. The van der Waals surface area contributed by atoms with Gasteiger partial charge in [0.15, 0.2) is 0 Å². The Hall–Kier alpha value is -0.810. The third kappa shape index (κ3) is 6.21. The van der Waals surface area contributed by atoms with E-state index in [0.29, 0.717) is 19.5 Å². The lowest BCUT2D eigenvalue weighted by Crippen LogP contribution is -2.45. The monoisotopic (exact) mass is 277 g/mol. The van der Waals surface area contributed by atoms with Crippen molar-refractivity contribution in [2.24, 2.45) is 5.73 Å². The molecule has 1 unspecified atom stereocenters. The number of likely N-dealkylation sites (tertiary alicyclic amines) is 1. The number of hydrogen-bond acceptors (Lipinski definition) is 3. The summed E-state index contributed by atoms with van der Waals surface area (Å²) in [5.41, 5.74) is 5.81. The molecule has 1 saturated heterocycles. The number of nitrogens with one attached hydrogen (secondary N) is 1. The molecule has 6 heteroatoms. The van der Waals surface area contributed by atoms with Gasteiger partial charge in [0.1, 0.15) is 0 Å². The van der Waals surface area contributed by atoms with Crippen LogP contribution in [0.25, 0.3) is 0 Å². The zero-order chi connectivity index (χ0) is 12.7. The second kappa shape index (κ2) is 9.16. The molecular weight excluding hydrogens is 254 g/mol. The van der Waals surface area contributed by atoms with Crippen molar-refractivity contribution in [3.63, 3.8) is 0 Å². The number of carbonyl (C=O) groups is 2. The lowest BCUT2D eigenvalue weighted by molar-refractivity contribution is -0.134. The fourth-order valence-electron chi connectivity index (χ4n) is 1.97. The Morgan fingerprint density at radius 1 is 1.39 bits per heavy atom. The molecule has 1 aliphatic rings. The first-order valence-electron chi connectivity index (χ1n) is 6.43. The Morgan fingerprint density at radius 2 is 2.11 bits per heavy atom. The molecule has 1 rings (SSSR count). The fourth-order valence-corrected chi connectivity index (χ4v) is 1.97. The quantitative estimate of drug-likeness (QED) is 0.775. The normalized spacial score (nSPS) is 19.0. The maximum atomic E-state index is 11.8. The van der Waals surface area contributed by atoms with E-state index >= 15 is 0 Å². The lowest BCUT2D eigenvalue weighted by atomic mass is 10.1. The van der Waals surface area contributed by atoms with Crippen LogP contribution in [0.15, 0.2) is 0 Å². The second-order valence-corrected chi connectivity index (χ2v) is 4.59. The largest absolute Gasteiger partial charge is 0.356 e. The summed E-state index contributed by atoms with van der Waals surface area (Å²) >= 11 is 0. The van der Waals surface area contributed by atoms with Gasteiger partial charge >= 0.3 is 0 Å². The van der Waals surface area contributed by atoms with Crippen molar-refractivity contribution in [1.82, 2.24) is 10.2 Å². The van der Waals surface area contributed by atoms with Crippen molar-refractivity contribution >= 4 is 24.2 Å². The van der Waals surface area contributed by atoms with Crippen LogP contribution in [0.5, 0.6) is 0 Å². The Bertz CT molecular complexity index is 274. The molecule has 0 aliphatic carbocycles. The standard InChI is InChI=1S/C12H23N3O2.ClH/c1-2-7-14-11(16)5-6-12(17)15-8-3-4-10(13)9-15;/h10H,2-9,13H2,1H3,(H,14,16);1H. The predicted octanol–water partition coefficient (Wildman–Crippen LogP) is 0.664. The molecule has 0 aromatic heterocycles. The van der Waals surface area contributed by atoms with E-state index in [1.165, 1.54) is 0 Å². The lowest BCUT2D eigenvalue weighted by Gasteiger charge is -2.30. The molecule has 0 bridgehead atoms. The molecule has 18 heavy (non-hydrogen) atoms. The van der Waals surface area contributed by atoms with Crippen LogP contribution < -0.4 is 11.1 Å². The molecule has 0 radical (unpaired) electrons. The highest BCUT2D eigenvalue weighted by Crippen LogP contribution is 2.10. The minimum atomic E-state index is -0.0403. The van der Waals surface area contributed by atoms with Crippen LogP contribution >= 0.6 is 12.4 Å². The molecule has 0 aromatic rings. The van der Waals surface area contributed by atoms with Crippen molar-refractivity contribution in [2.75, 3.05) is 19.6 Å². The van der Waals surface area contributed by atoms with Crippen molar-refractivity contribution < 1.29 is 9.59 Å². The Kier molecular flexibility index (Phi) is 8.75. The van der Waals surface area contributed by atoms with Gasteiger partial charge in [-0.2, -0.15) is 0 Å². The van der Waals surface area contributed by atoms with Gasteiger partial charge < -0.3 is 16.0 Å². The minimum absolute atomic E-state index is 0. The van der Waals surface area contributed by atoms with Gasteiger partial charge in [0.05, 0.1) is 0 Å². The highest BCUT2D eigenvalue weighted by molar-refractivity contribution is 5.85. The van der Waals surface area contributed by atoms with E-state index in [1.807, 2.05) is 6.92 Å². The molecule has 5 nitrogen and oxygen atoms in total. The van der Waals surface area contributed by atoms with Crippen LogP contribution in [-0.2, 0) is 9.59 Å². The van der Waals surface area contributed by atoms with Crippen LogP contribution in [-0.4, -0.2) is 42.4 Å². The molecule has 0 spiro atoms. The summed E-state index contributed by atoms with van der Waals surface area (Å²) in [6, 6.07) is 0.0987. The van der Waals surface area contributed by atoms with E-state index in [1.54, 1.807) is 4.90 Å². The third-order valence-electron chi connectivity index (χ3n) is 2.95. The Balaban J connectivity index is 0.00000289. The Morgan fingerprint density at radius 3 is 2.72 bits per heavy atom. The Labute approximate surface area is 115 Å². The summed E-state index contributed by atoms with van der Waals surface area (Å²) < 4.78 is 0. The molecule has 2 amide bonds. The van der Waals surface area contributed by atoms with Gasteiger partial charge in [0, 0.05) is 38.5 Å². The molecule has 1 heterocycles. The highest BCUT2D eigenvalue weighted by atomic mass is 35.5. The first-order valence-corrected chi connectivity index (χ1v) is 6.43. The maximum absolute atomic E-state index is 11.8. The number of rotatable bonds is 5. The number of carbonyl (C=O) groups excluding carboxylic acids is 2. The third-order valence-corrected chi connectivity index (χ3v) is 2.95. The van der Waals surface area contributed by atoms with E-state index in [0.717, 1.165) is 25.8 Å². The van der Waals surface area contributed by atoms with E-state index in [-0.39, 0.29) is 36.7 Å². The maximum Gasteiger partial charge on any atom is 0.223 e. The molecule has 106 valence electrons. The van der Waals surface area contributed by atoms with Gasteiger partial charge in [-0.25, -0.2) is 0 Å². The van der Waals surface area contributed by atoms with Gasteiger partial charge in [-0.3, -0.25) is 9.59 Å². The summed E-state index contributed by atoms with van der Waals surface area (Å²) in [5.74, 6) is 0.00769.